The number of aryl methyl sites for hydroxylation is 2. The highest BCUT2D eigenvalue weighted by Gasteiger charge is 2.29. The van der Waals surface area contributed by atoms with E-state index in [1.54, 1.807) is 0 Å². The van der Waals surface area contributed by atoms with Crippen LogP contribution in [0.2, 0.25) is 0 Å². The minimum absolute atomic E-state index is 0. The standard InChI is InChI=1S/C22H29N3O.2ClH/c1-14-10-15(2)21-18(11-14)19(12-20(24-21)17-4-5-17)22(26)25-8-6-16(7-9-25)13-23-3;;/h10-12,16-17,23H,4-9,13H2,1-3H3;2*1H. The molecule has 1 aliphatic heterocycles. The van der Waals surface area contributed by atoms with Crippen molar-refractivity contribution in [3.8, 4) is 0 Å². The lowest BCUT2D eigenvalue weighted by atomic mass is 9.95. The maximum atomic E-state index is 13.4. The quantitative estimate of drug-likeness (QED) is 0.778. The van der Waals surface area contributed by atoms with E-state index in [-0.39, 0.29) is 30.7 Å². The summed E-state index contributed by atoms with van der Waals surface area (Å²) in [5.74, 6) is 1.42. The molecule has 1 saturated carbocycles. The number of fused-ring (bicyclic) bond motifs is 1. The summed E-state index contributed by atoms with van der Waals surface area (Å²) in [6, 6.07) is 6.39. The van der Waals surface area contributed by atoms with Crippen LogP contribution in [0, 0.1) is 19.8 Å². The number of likely N-dealkylation sites (tertiary alicyclic amines) is 1. The van der Waals surface area contributed by atoms with Gasteiger partial charge in [-0.15, -0.1) is 24.8 Å². The number of benzene rings is 1. The van der Waals surface area contributed by atoms with Crippen molar-refractivity contribution in [1.29, 1.82) is 0 Å². The molecule has 1 amide bonds. The Morgan fingerprint density at radius 3 is 2.39 bits per heavy atom. The van der Waals surface area contributed by atoms with Crippen LogP contribution in [0.1, 0.15) is 58.8 Å². The van der Waals surface area contributed by atoms with Gasteiger partial charge in [-0.1, -0.05) is 11.6 Å². The van der Waals surface area contributed by atoms with Gasteiger partial charge in [0.15, 0.2) is 0 Å². The van der Waals surface area contributed by atoms with E-state index in [4.69, 9.17) is 4.98 Å². The van der Waals surface area contributed by atoms with Gasteiger partial charge in [-0.25, -0.2) is 0 Å². The van der Waals surface area contributed by atoms with Gasteiger partial charge in [0, 0.05) is 30.1 Å². The van der Waals surface area contributed by atoms with Gasteiger partial charge in [-0.05, 0) is 76.7 Å². The Labute approximate surface area is 180 Å². The smallest absolute Gasteiger partial charge is 0.254 e. The van der Waals surface area contributed by atoms with Gasteiger partial charge in [0.05, 0.1) is 11.1 Å². The van der Waals surface area contributed by atoms with E-state index in [9.17, 15) is 4.79 Å². The lowest BCUT2D eigenvalue weighted by Crippen LogP contribution is -2.40. The molecule has 1 N–H and O–H groups in total. The summed E-state index contributed by atoms with van der Waals surface area (Å²) >= 11 is 0. The Balaban J connectivity index is 0.00000140. The van der Waals surface area contributed by atoms with Crippen molar-refractivity contribution in [1.82, 2.24) is 15.2 Å². The fourth-order valence-electron chi connectivity index (χ4n) is 4.27. The Hall–Kier alpha value is -1.36. The maximum Gasteiger partial charge on any atom is 0.254 e. The summed E-state index contributed by atoms with van der Waals surface area (Å²) in [6.45, 7) is 6.97. The molecule has 2 heterocycles. The third kappa shape index (κ3) is 4.61. The molecule has 1 aliphatic carbocycles. The number of rotatable bonds is 4. The Morgan fingerprint density at radius 1 is 1.11 bits per heavy atom. The second-order valence-corrected chi connectivity index (χ2v) is 8.14. The Bertz CT molecular complexity index is 843. The lowest BCUT2D eigenvalue weighted by molar-refractivity contribution is 0.0692. The number of aromatic nitrogens is 1. The average Bonchev–Trinajstić information content (AvgIpc) is 3.46. The molecule has 2 fully saturated rings. The van der Waals surface area contributed by atoms with Crippen molar-refractivity contribution in [3.05, 3.63) is 40.6 Å². The minimum Gasteiger partial charge on any atom is -0.339 e. The number of amides is 1. The second kappa shape index (κ2) is 9.43. The van der Waals surface area contributed by atoms with Gasteiger partial charge in [-0.3, -0.25) is 9.78 Å². The molecular formula is C22H31Cl2N3O. The molecule has 4 rings (SSSR count). The van der Waals surface area contributed by atoms with E-state index in [0.29, 0.717) is 11.8 Å². The molecule has 4 nitrogen and oxygen atoms in total. The van der Waals surface area contributed by atoms with E-state index in [0.717, 1.165) is 54.6 Å². The summed E-state index contributed by atoms with van der Waals surface area (Å²) in [5, 5.41) is 4.29. The van der Waals surface area contributed by atoms with Gasteiger partial charge in [0.25, 0.3) is 5.91 Å². The number of halogens is 2. The maximum absolute atomic E-state index is 13.4. The van der Waals surface area contributed by atoms with Crippen molar-refractivity contribution in [2.75, 3.05) is 26.7 Å². The van der Waals surface area contributed by atoms with Crippen LogP contribution in [0.25, 0.3) is 10.9 Å². The number of hydrogen-bond donors (Lipinski definition) is 1. The molecule has 1 aromatic carbocycles. The molecule has 0 radical (unpaired) electrons. The molecule has 2 aliphatic rings. The Morgan fingerprint density at radius 2 is 1.79 bits per heavy atom. The summed E-state index contributed by atoms with van der Waals surface area (Å²) < 4.78 is 0. The third-order valence-corrected chi connectivity index (χ3v) is 5.89. The number of nitrogens with one attached hydrogen (secondary N) is 1. The van der Waals surface area contributed by atoms with Crippen LogP contribution in [0.15, 0.2) is 18.2 Å². The first kappa shape index (κ1) is 22.9. The summed E-state index contributed by atoms with van der Waals surface area (Å²) in [5.41, 5.74) is 5.34. The number of carbonyl (C=O) groups excluding carboxylic acids is 1. The van der Waals surface area contributed by atoms with E-state index in [1.165, 1.54) is 24.0 Å². The summed E-state index contributed by atoms with van der Waals surface area (Å²) in [6.07, 6.45) is 4.57. The molecule has 0 spiro atoms. The van der Waals surface area contributed by atoms with Crippen molar-refractivity contribution in [3.63, 3.8) is 0 Å². The van der Waals surface area contributed by atoms with Crippen molar-refractivity contribution >= 4 is 41.6 Å². The van der Waals surface area contributed by atoms with E-state index >= 15 is 0 Å². The molecule has 0 bridgehead atoms. The van der Waals surface area contributed by atoms with Crippen molar-refractivity contribution < 1.29 is 4.79 Å². The van der Waals surface area contributed by atoms with Crippen LogP contribution in [-0.2, 0) is 0 Å². The Kier molecular flexibility index (Phi) is 7.72. The van der Waals surface area contributed by atoms with Gasteiger partial charge >= 0.3 is 0 Å². The predicted molar refractivity (Wildman–Crippen MR) is 120 cm³/mol. The first-order valence-corrected chi connectivity index (χ1v) is 9.92. The first-order chi connectivity index (χ1) is 12.6. The molecule has 28 heavy (non-hydrogen) atoms. The highest BCUT2D eigenvalue weighted by atomic mass is 35.5. The molecule has 0 atom stereocenters. The van der Waals surface area contributed by atoms with Gasteiger partial charge in [0.1, 0.15) is 0 Å². The highest BCUT2D eigenvalue weighted by molar-refractivity contribution is 6.07. The van der Waals surface area contributed by atoms with Gasteiger partial charge in [0.2, 0.25) is 0 Å². The third-order valence-electron chi connectivity index (χ3n) is 5.89. The number of carbonyl (C=O) groups is 1. The number of nitrogens with zero attached hydrogens (tertiary/aromatic N) is 2. The van der Waals surface area contributed by atoms with Crippen LogP contribution < -0.4 is 5.32 Å². The van der Waals surface area contributed by atoms with Crippen LogP contribution >= 0.6 is 24.8 Å². The van der Waals surface area contributed by atoms with E-state index in [1.807, 2.05) is 7.05 Å². The average molecular weight is 424 g/mol. The molecule has 2 aromatic rings. The molecule has 154 valence electrons. The van der Waals surface area contributed by atoms with Gasteiger partial charge < -0.3 is 10.2 Å². The van der Waals surface area contributed by atoms with Crippen LogP contribution in [0.4, 0.5) is 0 Å². The van der Waals surface area contributed by atoms with Crippen molar-refractivity contribution in [2.24, 2.45) is 5.92 Å². The molecule has 1 aromatic heterocycles. The largest absolute Gasteiger partial charge is 0.339 e. The summed E-state index contributed by atoms with van der Waals surface area (Å²) in [7, 11) is 2.00. The summed E-state index contributed by atoms with van der Waals surface area (Å²) in [4.78, 5) is 20.4. The van der Waals surface area contributed by atoms with Crippen LogP contribution in [0.5, 0.6) is 0 Å². The monoisotopic (exact) mass is 423 g/mol. The topological polar surface area (TPSA) is 45.2 Å². The normalized spacial score (nSPS) is 17.2. The zero-order valence-corrected chi connectivity index (χ0v) is 18.6. The van der Waals surface area contributed by atoms with Crippen LogP contribution in [-0.4, -0.2) is 42.5 Å². The molecule has 0 unspecified atom stereocenters. The highest BCUT2D eigenvalue weighted by Crippen LogP contribution is 2.41. The molecule has 6 heteroatoms. The van der Waals surface area contributed by atoms with Gasteiger partial charge in [-0.2, -0.15) is 0 Å². The number of pyridine rings is 1. The molecular weight excluding hydrogens is 393 g/mol. The van der Waals surface area contributed by atoms with E-state index in [2.05, 4.69) is 42.3 Å². The van der Waals surface area contributed by atoms with E-state index < -0.39 is 0 Å². The minimum atomic E-state index is 0. The zero-order chi connectivity index (χ0) is 18.3. The first-order valence-electron chi connectivity index (χ1n) is 9.92. The number of piperidine rings is 1. The SMILES string of the molecule is CNCC1CCN(C(=O)c2cc(C3CC3)nc3c(C)cc(C)cc23)CC1.Cl.Cl. The second-order valence-electron chi connectivity index (χ2n) is 8.14. The lowest BCUT2D eigenvalue weighted by Gasteiger charge is -2.32. The number of hydrogen-bond acceptors (Lipinski definition) is 3. The van der Waals surface area contributed by atoms with Crippen LogP contribution in [0.3, 0.4) is 0 Å². The van der Waals surface area contributed by atoms with Crippen molar-refractivity contribution in [2.45, 2.75) is 45.4 Å². The molecule has 1 saturated heterocycles. The fraction of sp³-hybridized carbons (Fsp3) is 0.545. The zero-order valence-electron chi connectivity index (χ0n) is 17.0. The fourth-order valence-corrected chi connectivity index (χ4v) is 4.27. The predicted octanol–water partition coefficient (Wildman–Crippen LogP) is 4.64.